The Morgan fingerprint density at radius 1 is 1.19 bits per heavy atom. The van der Waals surface area contributed by atoms with Crippen molar-refractivity contribution in [2.75, 3.05) is 17.1 Å². The number of benzene rings is 2. The average Bonchev–Trinajstić information content (AvgIpc) is 3.04. The fourth-order valence-corrected chi connectivity index (χ4v) is 3.72. The second-order valence-electron chi connectivity index (χ2n) is 5.61. The lowest BCUT2D eigenvalue weighted by molar-refractivity contribution is -0.119. The van der Waals surface area contributed by atoms with Crippen LogP contribution >= 0.6 is 11.7 Å². The van der Waals surface area contributed by atoms with E-state index >= 15 is 0 Å². The zero-order chi connectivity index (χ0) is 18.7. The summed E-state index contributed by atoms with van der Waals surface area (Å²) in [5, 5.41) is 2.66. The van der Waals surface area contributed by atoms with Crippen molar-refractivity contribution >= 4 is 44.4 Å². The summed E-state index contributed by atoms with van der Waals surface area (Å²) in [5.41, 5.74) is 2.42. The van der Waals surface area contributed by atoms with Crippen LogP contribution in [0.3, 0.4) is 0 Å². The van der Waals surface area contributed by atoms with Crippen LogP contribution in [0.1, 0.15) is 5.56 Å². The molecule has 2 aromatic carbocycles. The molecule has 0 atom stereocenters. The minimum Gasteiger partial charge on any atom is -0.350 e. The third kappa shape index (κ3) is 4.33. The molecule has 0 aliphatic carbocycles. The predicted octanol–water partition coefficient (Wildman–Crippen LogP) is 1.91. The smallest absolute Gasteiger partial charge is 0.241 e. The normalized spacial score (nSPS) is 11.5. The van der Waals surface area contributed by atoms with Crippen LogP contribution in [-0.2, 0) is 21.4 Å². The van der Waals surface area contributed by atoms with E-state index in [4.69, 9.17) is 0 Å². The van der Waals surface area contributed by atoms with Gasteiger partial charge in [-0.25, -0.2) is 12.8 Å². The lowest BCUT2D eigenvalue weighted by Crippen LogP contribution is -2.40. The summed E-state index contributed by atoms with van der Waals surface area (Å²) in [5.74, 6) is -1.09. The maximum absolute atomic E-state index is 13.4. The number of anilines is 1. The van der Waals surface area contributed by atoms with Gasteiger partial charge in [-0.3, -0.25) is 9.10 Å². The highest BCUT2D eigenvalue weighted by Gasteiger charge is 2.21. The quantitative estimate of drug-likeness (QED) is 0.690. The molecule has 1 N–H and O–H groups in total. The van der Waals surface area contributed by atoms with Crippen molar-refractivity contribution in [1.29, 1.82) is 0 Å². The Bertz CT molecular complexity index is 1050. The number of hydrogen-bond donors (Lipinski definition) is 1. The summed E-state index contributed by atoms with van der Waals surface area (Å²) in [7, 11) is -3.75. The van der Waals surface area contributed by atoms with Crippen LogP contribution in [0, 0.1) is 5.82 Å². The van der Waals surface area contributed by atoms with Gasteiger partial charge in [0.25, 0.3) is 0 Å². The van der Waals surface area contributed by atoms with Gasteiger partial charge in [0, 0.05) is 6.54 Å². The van der Waals surface area contributed by atoms with Gasteiger partial charge in [0.05, 0.1) is 23.7 Å². The molecule has 7 nitrogen and oxygen atoms in total. The second-order valence-corrected chi connectivity index (χ2v) is 8.05. The number of hydrogen-bond acceptors (Lipinski definition) is 6. The van der Waals surface area contributed by atoms with Crippen molar-refractivity contribution in [3.63, 3.8) is 0 Å². The number of amides is 1. The first kappa shape index (κ1) is 18.2. The highest BCUT2D eigenvalue weighted by atomic mass is 32.2. The van der Waals surface area contributed by atoms with Crippen LogP contribution in [0.25, 0.3) is 11.0 Å². The number of nitrogens with one attached hydrogen (secondary N) is 1. The fraction of sp³-hybridized carbons (Fsp3) is 0.188. The largest absolute Gasteiger partial charge is 0.350 e. The van der Waals surface area contributed by atoms with Crippen LogP contribution in [-0.4, -0.2) is 35.9 Å². The van der Waals surface area contributed by atoms with Gasteiger partial charge in [0.2, 0.25) is 15.9 Å². The molecule has 0 bridgehead atoms. The molecule has 136 valence electrons. The number of rotatable bonds is 6. The van der Waals surface area contributed by atoms with Gasteiger partial charge in [-0.15, -0.1) is 0 Å². The predicted molar refractivity (Wildman–Crippen MR) is 97.9 cm³/mol. The molecule has 26 heavy (non-hydrogen) atoms. The summed E-state index contributed by atoms with van der Waals surface area (Å²) in [4.78, 5) is 12.2. The third-order valence-corrected chi connectivity index (χ3v) is 5.29. The first-order valence-corrected chi connectivity index (χ1v) is 10.1. The Hall–Kier alpha value is -2.59. The van der Waals surface area contributed by atoms with Crippen LogP contribution in [0.15, 0.2) is 42.5 Å². The summed E-state index contributed by atoms with van der Waals surface area (Å²) in [6.07, 6.45) is 0.967. The minimum atomic E-state index is -3.75. The fourth-order valence-electron chi connectivity index (χ4n) is 2.36. The maximum atomic E-state index is 13.4. The Labute approximate surface area is 153 Å². The number of fused-ring (bicyclic) bond motifs is 1. The van der Waals surface area contributed by atoms with Crippen molar-refractivity contribution in [2.24, 2.45) is 0 Å². The van der Waals surface area contributed by atoms with E-state index in [1.165, 1.54) is 18.2 Å². The molecule has 0 fully saturated rings. The second kappa shape index (κ2) is 7.34. The number of nitrogens with zero attached hydrogens (tertiary/aromatic N) is 3. The zero-order valence-corrected chi connectivity index (χ0v) is 15.3. The van der Waals surface area contributed by atoms with Gasteiger partial charge in [-0.2, -0.15) is 8.75 Å². The van der Waals surface area contributed by atoms with Crippen molar-refractivity contribution in [2.45, 2.75) is 6.54 Å². The molecular weight excluding hydrogens is 379 g/mol. The van der Waals surface area contributed by atoms with Crippen LogP contribution < -0.4 is 9.62 Å². The molecule has 0 saturated carbocycles. The van der Waals surface area contributed by atoms with Crippen molar-refractivity contribution in [1.82, 2.24) is 14.1 Å². The van der Waals surface area contributed by atoms with E-state index in [2.05, 4.69) is 14.1 Å². The molecule has 1 amide bonds. The van der Waals surface area contributed by atoms with Crippen LogP contribution in [0.2, 0.25) is 0 Å². The molecule has 0 radical (unpaired) electrons. The molecule has 0 aliphatic rings. The van der Waals surface area contributed by atoms with Crippen LogP contribution in [0.4, 0.5) is 10.1 Å². The van der Waals surface area contributed by atoms with Crippen molar-refractivity contribution in [3.8, 4) is 0 Å². The minimum absolute atomic E-state index is 0.0950. The van der Waals surface area contributed by atoms with E-state index in [1.54, 1.807) is 12.1 Å². The highest BCUT2D eigenvalue weighted by Crippen LogP contribution is 2.18. The topological polar surface area (TPSA) is 92.3 Å². The molecule has 3 aromatic rings. The summed E-state index contributed by atoms with van der Waals surface area (Å²) >= 11 is 1.10. The number of aromatic nitrogens is 2. The van der Waals surface area contributed by atoms with Gasteiger partial charge in [0.1, 0.15) is 23.4 Å². The summed E-state index contributed by atoms with van der Waals surface area (Å²) < 4.78 is 46.4. The molecule has 0 unspecified atom stereocenters. The van der Waals surface area contributed by atoms with Crippen molar-refractivity contribution < 1.29 is 17.6 Å². The maximum Gasteiger partial charge on any atom is 0.241 e. The zero-order valence-electron chi connectivity index (χ0n) is 13.7. The monoisotopic (exact) mass is 394 g/mol. The standard InChI is InChI=1S/C16H15FN4O3S2/c1-26(23,24)21(13-4-2-3-12(17)8-13)10-16(22)18-9-11-5-6-14-15(7-11)20-25-19-14/h2-8H,9-10H2,1H3,(H,18,22). The van der Waals surface area contributed by atoms with Gasteiger partial charge < -0.3 is 5.32 Å². The third-order valence-electron chi connectivity index (χ3n) is 3.59. The molecule has 0 spiro atoms. The summed E-state index contributed by atoms with van der Waals surface area (Å²) in [6.45, 7) is -0.226. The van der Waals surface area contributed by atoms with Gasteiger partial charge >= 0.3 is 0 Å². The Kier molecular flexibility index (Phi) is 5.14. The van der Waals surface area contributed by atoms with E-state index in [-0.39, 0.29) is 12.2 Å². The molecule has 1 aromatic heterocycles. The molecule has 1 heterocycles. The first-order chi connectivity index (χ1) is 12.3. The number of halogens is 1. The van der Waals surface area contributed by atoms with Gasteiger partial charge in [0.15, 0.2) is 0 Å². The van der Waals surface area contributed by atoms with Crippen molar-refractivity contribution in [3.05, 3.63) is 53.8 Å². The number of carbonyl (C=O) groups excluding carboxylic acids is 1. The van der Waals surface area contributed by atoms with E-state index < -0.39 is 28.3 Å². The highest BCUT2D eigenvalue weighted by molar-refractivity contribution is 7.92. The first-order valence-electron chi connectivity index (χ1n) is 7.54. The van der Waals surface area contributed by atoms with Gasteiger partial charge in [-0.05, 0) is 35.9 Å². The molecule has 3 rings (SSSR count). The summed E-state index contributed by atoms with van der Waals surface area (Å²) in [6, 6.07) is 10.5. The Morgan fingerprint density at radius 3 is 2.69 bits per heavy atom. The van der Waals surface area contributed by atoms with Gasteiger partial charge in [-0.1, -0.05) is 12.1 Å². The number of sulfonamides is 1. The van der Waals surface area contributed by atoms with Crippen LogP contribution in [0.5, 0.6) is 0 Å². The molecule has 0 aliphatic heterocycles. The molecular formula is C16H15FN4O3S2. The van der Waals surface area contributed by atoms with E-state index in [0.717, 1.165) is 45.0 Å². The lowest BCUT2D eigenvalue weighted by atomic mass is 10.2. The Morgan fingerprint density at radius 2 is 1.96 bits per heavy atom. The van der Waals surface area contributed by atoms with E-state index in [9.17, 15) is 17.6 Å². The lowest BCUT2D eigenvalue weighted by Gasteiger charge is -2.21. The number of carbonyl (C=O) groups is 1. The molecule has 0 saturated heterocycles. The van der Waals surface area contributed by atoms with E-state index in [0.29, 0.717) is 0 Å². The Balaban J connectivity index is 1.69. The SMILES string of the molecule is CS(=O)(=O)N(CC(=O)NCc1ccc2nsnc2c1)c1cccc(F)c1. The molecule has 10 heteroatoms. The van der Waals surface area contributed by atoms with E-state index in [1.807, 2.05) is 6.07 Å². The average molecular weight is 394 g/mol.